The Labute approximate surface area is 122 Å². The maximum atomic E-state index is 11.8. The number of pyridine rings is 1. The molecule has 7 heteroatoms. The molecule has 0 radical (unpaired) electrons. The van der Waals surface area contributed by atoms with Gasteiger partial charge in [-0.25, -0.2) is 14.8 Å². The van der Waals surface area contributed by atoms with E-state index in [2.05, 4.69) is 30.9 Å². The van der Waals surface area contributed by atoms with Gasteiger partial charge in [-0.05, 0) is 35.0 Å². The fraction of sp³-hybridized carbons (Fsp3) is 0.154. The Morgan fingerprint density at radius 3 is 3.15 bits per heavy atom. The fourth-order valence-electron chi connectivity index (χ4n) is 1.75. The van der Waals surface area contributed by atoms with Gasteiger partial charge in [0.15, 0.2) is 11.8 Å². The van der Waals surface area contributed by atoms with Gasteiger partial charge in [-0.2, -0.15) is 0 Å². The zero-order valence-electron chi connectivity index (χ0n) is 10.5. The molecule has 0 fully saturated rings. The third-order valence-electron chi connectivity index (χ3n) is 2.75. The average molecular weight is 336 g/mol. The second-order valence-corrected chi connectivity index (χ2v) is 5.12. The van der Waals surface area contributed by atoms with Gasteiger partial charge in [0.1, 0.15) is 12.1 Å². The van der Waals surface area contributed by atoms with Crippen molar-refractivity contribution in [2.45, 2.75) is 13.0 Å². The van der Waals surface area contributed by atoms with E-state index in [0.29, 0.717) is 17.0 Å². The molecule has 0 aliphatic carbocycles. The highest BCUT2D eigenvalue weighted by Gasteiger charge is 2.18. The minimum Gasteiger partial charge on any atom is -0.472 e. The molecule has 3 heterocycles. The molecule has 0 spiro atoms. The number of nitrogens with one attached hydrogen (secondary N) is 1. The predicted octanol–water partition coefficient (Wildman–Crippen LogP) is 3.23. The van der Waals surface area contributed by atoms with Crippen molar-refractivity contribution in [3.63, 3.8) is 0 Å². The number of hydrogen-bond donors (Lipinski definition) is 1. The number of furan rings is 1. The Kier molecular flexibility index (Phi) is 3.27. The smallest absolute Gasteiger partial charge is 0.342 e. The molecule has 1 atom stereocenters. The first kappa shape index (κ1) is 12.9. The molecule has 0 amide bonds. The van der Waals surface area contributed by atoms with Gasteiger partial charge < -0.3 is 14.1 Å². The third kappa shape index (κ3) is 2.44. The van der Waals surface area contributed by atoms with Crippen molar-refractivity contribution in [2.24, 2.45) is 0 Å². The summed E-state index contributed by atoms with van der Waals surface area (Å²) < 4.78 is 11.0. The van der Waals surface area contributed by atoms with Crippen LogP contribution < -0.4 is 0 Å². The van der Waals surface area contributed by atoms with Gasteiger partial charge in [0.25, 0.3) is 0 Å². The number of rotatable bonds is 3. The van der Waals surface area contributed by atoms with Crippen LogP contribution in [0.15, 0.2) is 39.7 Å². The summed E-state index contributed by atoms with van der Waals surface area (Å²) in [5.74, 6) is 0.0864. The number of halogens is 1. The lowest BCUT2D eigenvalue weighted by Gasteiger charge is -2.09. The summed E-state index contributed by atoms with van der Waals surface area (Å²) in [5.41, 5.74) is 1.73. The van der Waals surface area contributed by atoms with Crippen LogP contribution in [0.25, 0.3) is 11.2 Å². The largest absolute Gasteiger partial charge is 0.472 e. The van der Waals surface area contributed by atoms with E-state index in [-0.39, 0.29) is 0 Å². The van der Waals surface area contributed by atoms with E-state index in [1.54, 1.807) is 19.2 Å². The number of aromatic nitrogens is 3. The molecule has 0 saturated heterocycles. The number of esters is 1. The standard InChI is InChI=1S/C13H10BrN3O3/c1-7(20-13(18)8-2-3-19-6-8)11-16-10-4-9(14)5-15-12(10)17-11/h2-7H,1H3,(H,15,16,17). The maximum Gasteiger partial charge on any atom is 0.342 e. The average Bonchev–Trinajstić information content (AvgIpc) is 3.07. The number of ether oxygens (including phenoxy) is 1. The van der Waals surface area contributed by atoms with Crippen LogP contribution in [0.4, 0.5) is 0 Å². The summed E-state index contributed by atoms with van der Waals surface area (Å²) in [5, 5.41) is 0. The lowest BCUT2D eigenvalue weighted by atomic mass is 10.3. The predicted molar refractivity (Wildman–Crippen MR) is 74.1 cm³/mol. The molecule has 1 unspecified atom stereocenters. The summed E-state index contributed by atoms with van der Waals surface area (Å²) in [6.45, 7) is 1.74. The zero-order valence-corrected chi connectivity index (χ0v) is 12.0. The topological polar surface area (TPSA) is 81.0 Å². The summed E-state index contributed by atoms with van der Waals surface area (Å²) in [7, 11) is 0. The molecular weight excluding hydrogens is 326 g/mol. The van der Waals surface area contributed by atoms with Crippen LogP contribution in [0.2, 0.25) is 0 Å². The van der Waals surface area contributed by atoms with Crippen molar-refractivity contribution in [3.05, 3.63) is 46.7 Å². The molecule has 3 aromatic heterocycles. The van der Waals surface area contributed by atoms with Gasteiger partial charge in [-0.3, -0.25) is 0 Å². The van der Waals surface area contributed by atoms with E-state index in [0.717, 1.165) is 9.99 Å². The minimum absolute atomic E-state index is 0.369. The molecule has 0 bridgehead atoms. The van der Waals surface area contributed by atoms with E-state index in [4.69, 9.17) is 9.15 Å². The van der Waals surface area contributed by atoms with E-state index < -0.39 is 12.1 Å². The molecule has 0 aliphatic rings. The first-order chi connectivity index (χ1) is 9.63. The third-order valence-corrected chi connectivity index (χ3v) is 3.18. The normalized spacial score (nSPS) is 12.5. The molecule has 3 aromatic rings. The van der Waals surface area contributed by atoms with Crippen LogP contribution in [0.3, 0.4) is 0 Å². The lowest BCUT2D eigenvalue weighted by Crippen LogP contribution is -2.09. The number of carbonyl (C=O) groups excluding carboxylic acids is 1. The number of imidazole rings is 1. The Morgan fingerprint density at radius 2 is 2.40 bits per heavy atom. The van der Waals surface area contributed by atoms with Gasteiger partial charge >= 0.3 is 5.97 Å². The number of aromatic amines is 1. The monoisotopic (exact) mass is 335 g/mol. The molecule has 6 nitrogen and oxygen atoms in total. The van der Waals surface area contributed by atoms with E-state index in [1.807, 2.05) is 6.07 Å². The van der Waals surface area contributed by atoms with Crippen LogP contribution in [-0.2, 0) is 4.74 Å². The van der Waals surface area contributed by atoms with Crippen LogP contribution in [0.5, 0.6) is 0 Å². The highest BCUT2D eigenvalue weighted by atomic mass is 79.9. The first-order valence-corrected chi connectivity index (χ1v) is 6.67. The SMILES string of the molecule is CC(OC(=O)c1ccoc1)c1nc2ncc(Br)cc2[nH]1. The number of hydrogen-bond acceptors (Lipinski definition) is 5. The Hall–Kier alpha value is -2.15. The van der Waals surface area contributed by atoms with Crippen molar-refractivity contribution in [1.82, 2.24) is 15.0 Å². The van der Waals surface area contributed by atoms with Crippen LogP contribution in [0, 0.1) is 0 Å². The van der Waals surface area contributed by atoms with E-state index in [1.165, 1.54) is 12.5 Å². The summed E-state index contributed by atoms with van der Waals surface area (Å²) >= 11 is 3.34. The minimum atomic E-state index is -0.509. The van der Waals surface area contributed by atoms with Gasteiger partial charge in [-0.1, -0.05) is 0 Å². The van der Waals surface area contributed by atoms with Gasteiger partial charge in [-0.15, -0.1) is 0 Å². The Bertz CT molecular complexity index is 751. The molecule has 1 N–H and O–H groups in total. The lowest BCUT2D eigenvalue weighted by molar-refractivity contribution is 0.0321. The van der Waals surface area contributed by atoms with Crippen molar-refractivity contribution in [1.29, 1.82) is 0 Å². The quantitative estimate of drug-likeness (QED) is 0.743. The van der Waals surface area contributed by atoms with Gasteiger partial charge in [0.05, 0.1) is 17.3 Å². The molecule has 0 aromatic carbocycles. The molecule has 102 valence electrons. The molecule has 20 heavy (non-hydrogen) atoms. The highest BCUT2D eigenvalue weighted by Crippen LogP contribution is 2.21. The Morgan fingerprint density at radius 1 is 1.55 bits per heavy atom. The fourth-order valence-corrected chi connectivity index (χ4v) is 2.08. The van der Waals surface area contributed by atoms with Crippen LogP contribution in [-0.4, -0.2) is 20.9 Å². The number of nitrogens with zero attached hydrogens (tertiary/aromatic N) is 2. The molecule has 0 saturated carbocycles. The van der Waals surface area contributed by atoms with Gasteiger partial charge in [0, 0.05) is 10.7 Å². The second kappa shape index (κ2) is 5.09. The molecular formula is C13H10BrN3O3. The van der Waals surface area contributed by atoms with Crippen LogP contribution in [0.1, 0.15) is 29.2 Å². The van der Waals surface area contributed by atoms with Crippen molar-refractivity contribution in [2.75, 3.05) is 0 Å². The number of H-pyrrole nitrogens is 1. The highest BCUT2D eigenvalue weighted by molar-refractivity contribution is 9.10. The number of fused-ring (bicyclic) bond motifs is 1. The van der Waals surface area contributed by atoms with E-state index in [9.17, 15) is 4.79 Å². The molecule has 3 rings (SSSR count). The summed E-state index contributed by atoms with van der Waals surface area (Å²) in [4.78, 5) is 23.4. The zero-order chi connectivity index (χ0) is 14.1. The second-order valence-electron chi connectivity index (χ2n) is 4.21. The Balaban J connectivity index is 1.81. The first-order valence-electron chi connectivity index (χ1n) is 5.88. The maximum absolute atomic E-state index is 11.8. The summed E-state index contributed by atoms with van der Waals surface area (Å²) in [6, 6.07) is 3.41. The molecule has 0 aliphatic heterocycles. The van der Waals surface area contributed by atoms with E-state index >= 15 is 0 Å². The summed E-state index contributed by atoms with van der Waals surface area (Å²) in [6.07, 6.45) is 3.91. The van der Waals surface area contributed by atoms with Crippen molar-refractivity contribution in [3.8, 4) is 0 Å². The van der Waals surface area contributed by atoms with Crippen molar-refractivity contribution >= 4 is 33.1 Å². The van der Waals surface area contributed by atoms with Crippen molar-refractivity contribution < 1.29 is 13.9 Å². The number of carbonyl (C=O) groups is 1. The van der Waals surface area contributed by atoms with Crippen LogP contribution >= 0.6 is 15.9 Å². The van der Waals surface area contributed by atoms with Gasteiger partial charge in [0.2, 0.25) is 0 Å².